The number of benzene rings is 1. The minimum atomic E-state index is -1.37. The molecular formula is C20H19Cl2N3O6. The Labute approximate surface area is 187 Å². The molecule has 4 N–H and O–H groups in total. The van der Waals surface area contributed by atoms with E-state index in [0.717, 1.165) is 0 Å². The number of amides is 3. The van der Waals surface area contributed by atoms with Crippen molar-refractivity contribution in [2.75, 3.05) is 6.54 Å². The summed E-state index contributed by atoms with van der Waals surface area (Å²) in [5.41, 5.74) is 0.407. The van der Waals surface area contributed by atoms with E-state index in [-0.39, 0.29) is 34.6 Å². The van der Waals surface area contributed by atoms with Crippen molar-refractivity contribution in [2.45, 2.75) is 19.5 Å². The van der Waals surface area contributed by atoms with E-state index in [0.29, 0.717) is 11.3 Å². The Morgan fingerprint density at radius 1 is 1.16 bits per heavy atom. The lowest BCUT2D eigenvalue weighted by Gasteiger charge is -2.16. The van der Waals surface area contributed by atoms with E-state index in [1.54, 1.807) is 12.1 Å². The van der Waals surface area contributed by atoms with Gasteiger partial charge in [-0.05, 0) is 35.9 Å². The number of carbonyl (C=O) groups is 4. The van der Waals surface area contributed by atoms with Crippen LogP contribution in [-0.2, 0) is 20.9 Å². The lowest BCUT2D eigenvalue weighted by atomic mass is 10.1. The molecule has 0 spiro atoms. The van der Waals surface area contributed by atoms with Crippen LogP contribution < -0.4 is 16.0 Å². The van der Waals surface area contributed by atoms with Crippen LogP contribution in [0, 0.1) is 0 Å². The Balaban J connectivity index is 2.03. The highest BCUT2D eigenvalue weighted by molar-refractivity contribution is 6.39. The van der Waals surface area contributed by atoms with Crippen LogP contribution in [0.2, 0.25) is 10.0 Å². The van der Waals surface area contributed by atoms with E-state index in [9.17, 15) is 24.3 Å². The van der Waals surface area contributed by atoms with Gasteiger partial charge in [0.15, 0.2) is 0 Å². The first-order valence-corrected chi connectivity index (χ1v) is 9.68. The molecule has 1 unspecified atom stereocenters. The Kier molecular flexibility index (Phi) is 8.65. The summed E-state index contributed by atoms with van der Waals surface area (Å²) in [6.45, 7) is 1.00. The number of aliphatic carboxylic acids is 1. The van der Waals surface area contributed by atoms with Crippen LogP contribution in [0.5, 0.6) is 0 Å². The molecule has 0 aliphatic heterocycles. The van der Waals surface area contributed by atoms with E-state index in [1.165, 1.54) is 37.5 Å². The van der Waals surface area contributed by atoms with E-state index in [1.807, 2.05) is 0 Å². The first-order valence-electron chi connectivity index (χ1n) is 8.92. The Morgan fingerprint density at radius 3 is 2.39 bits per heavy atom. The molecule has 0 aliphatic carbocycles. The topological polar surface area (TPSA) is 138 Å². The van der Waals surface area contributed by atoms with Crippen LogP contribution in [0.4, 0.5) is 0 Å². The van der Waals surface area contributed by atoms with Gasteiger partial charge < -0.3 is 25.5 Å². The van der Waals surface area contributed by atoms with Gasteiger partial charge in [0, 0.05) is 26.1 Å². The van der Waals surface area contributed by atoms with Gasteiger partial charge in [-0.15, -0.1) is 0 Å². The number of carboxylic acid groups (broad SMARTS) is 1. The van der Waals surface area contributed by atoms with Crippen LogP contribution in [0.15, 0.2) is 41.0 Å². The van der Waals surface area contributed by atoms with E-state index in [2.05, 4.69) is 16.0 Å². The summed E-state index contributed by atoms with van der Waals surface area (Å²) in [6.07, 6.45) is 4.28. The zero-order valence-electron chi connectivity index (χ0n) is 16.3. The van der Waals surface area contributed by atoms with Crippen LogP contribution >= 0.6 is 23.2 Å². The Bertz CT molecular complexity index is 981. The molecule has 9 nitrogen and oxygen atoms in total. The molecular weight excluding hydrogens is 449 g/mol. The second kappa shape index (κ2) is 11.2. The summed E-state index contributed by atoms with van der Waals surface area (Å²) in [7, 11) is 0. The van der Waals surface area contributed by atoms with Gasteiger partial charge >= 0.3 is 5.97 Å². The number of halogens is 2. The second-order valence-corrected chi connectivity index (χ2v) is 7.12. The number of hydrogen-bond acceptors (Lipinski definition) is 5. The maximum atomic E-state index is 12.5. The fraction of sp³-hybridized carbons (Fsp3) is 0.200. The fourth-order valence-electron chi connectivity index (χ4n) is 2.41. The number of hydrogen-bond donors (Lipinski definition) is 4. The molecule has 164 valence electrons. The van der Waals surface area contributed by atoms with E-state index in [4.69, 9.17) is 27.6 Å². The van der Waals surface area contributed by atoms with Crippen molar-refractivity contribution < 1.29 is 28.7 Å². The molecule has 0 radical (unpaired) electrons. The van der Waals surface area contributed by atoms with Crippen molar-refractivity contribution in [3.8, 4) is 0 Å². The van der Waals surface area contributed by atoms with Gasteiger partial charge in [0.1, 0.15) is 11.8 Å². The standard InChI is InChI=1S/C20H19Cl2N3O6/c1-11(26)23-10-16(20(29)30)25-19(28)18-14(21)7-12(8-15(18)22)9-24-17(27)5-4-13-3-2-6-31-13/h2-8,16H,9-10H2,1H3,(H,23,26)(H,24,27)(H,25,28)(H,29,30)/b5-4+. The summed E-state index contributed by atoms with van der Waals surface area (Å²) in [5, 5.41) is 16.4. The first-order chi connectivity index (χ1) is 14.7. The van der Waals surface area contributed by atoms with Gasteiger partial charge in [0.2, 0.25) is 11.8 Å². The van der Waals surface area contributed by atoms with Crippen molar-refractivity contribution in [3.05, 3.63) is 63.5 Å². The number of nitrogens with one attached hydrogen (secondary N) is 3. The Hall–Kier alpha value is -3.30. The van der Waals surface area contributed by atoms with Gasteiger partial charge in [0.25, 0.3) is 5.91 Å². The highest BCUT2D eigenvalue weighted by atomic mass is 35.5. The fourth-order valence-corrected chi connectivity index (χ4v) is 3.12. The maximum absolute atomic E-state index is 12.5. The van der Waals surface area contributed by atoms with Crippen molar-refractivity contribution in [3.63, 3.8) is 0 Å². The summed E-state index contributed by atoms with van der Waals surface area (Å²) >= 11 is 12.3. The highest BCUT2D eigenvalue weighted by Gasteiger charge is 2.24. The molecule has 3 amide bonds. The quantitative estimate of drug-likeness (QED) is 0.417. The maximum Gasteiger partial charge on any atom is 0.328 e. The van der Waals surface area contributed by atoms with Crippen molar-refractivity contribution in [2.24, 2.45) is 0 Å². The molecule has 0 saturated carbocycles. The number of carboxylic acids is 1. The third-order valence-electron chi connectivity index (χ3n) is 3.90. The summed E-state index contributed by atoms with van der Waals surface area (Å²) in [5.74, 6) is -2.45. The van der Waals surface area contributed by atoms with Gasteiger partial charge in [-0.1, -0.05) is 23.2 Å². The predicted molar refractivity (Wildman–Crippen MR) is 114 cm³/mol. The van der Waals surface area contributed by atoms with Crippen LogP contribution in [-0.4, -0.2) is 41.4 Å². The van der Waals surface area contributed by atoms with Crippen LogP contribution in [0.25, 0.3) is 6.08 Å². The Morgan fingerprint density at radius 2 is 1.84 bits per heavy atom. The average Bonchev–Trinajstić information content (AvgIpc) is 3.20. The smallest absolute Gasteiger partial charge is 0.328 e. The number of carbonyl (C=O) groups excluding carboxylic acids is 3. The summed E-state index contributed by atoms with van der Waals surface area (Å²) < 4.78 is 5.09. The molecule has 0 aliphatic rings. The molecule has 1 heterocycles. The molecule has 31 heavy (non-hydrogen) atoms. The average molecular weight is 468 g/mol. The molecule has 11 heteroatoms. The van der Waals surface area contributed by atoms with Crippen molar-refractivity contribution in [1.82, 2.24) is 16.0 Å². The molecule has 0 saturated heterocycles. The summed E-state index contributed by atoms with van der Waals surface area (Å²) in [4.78, 5) is 46.7. The first kappa shape index (κ1) is 24.0. The molecule has 1 atom stereocenters. The highest BCUT2D eigenvalue weighted by Crippen LogP contribution is 2.27. The minimum Gasteiger partial charge on any atom is -0.480 e. The van der Waals surface area contributed by atoms with Gasteiger partial charge in [-0.25, -0.2) is 4.79 Å². The van der Waals surface area contributed by atoms with Crippen molar-refractivity contribution in [1.29, 1.82) is 0 Å². The SMILES string of the molecule is CC(=O)NCC(NC(=O)c1c(Cl)cc(CNC(=O)/C=C/c2ccco2)cc1Cl)C(=O)O. The van der Waals surface area contributed by atoms with E-state index < -0.39 is 23.8 Å². The van der Waals surface area contributed by atoms with E-state index >= 15 is 0 Å². The largest absolute Gasteiger partial charge is 0.480 e. The predicted octanol–water partition coefficient (Wildman–Crippen LogP) is 2.24. The lowest BCUT2D eigenvalue weighted by Crippen LogP contribution is -2.48. The zero-order valence-corrected chi connectivity index (χ0v) is 17.8. The number of furan rings is 1. The molecule has 2 rings (SSSR count). The van der Waals surface area contributed by atoms with Crippen LogP contribution in [0.3, 0.4) is 0 Å². The molecule has 1 aromatic carbocycles. The lowest BCUT2D eigenvalue weighted by molar-refractivity contribution is -0.139. The zero-order chi connectivity index (χ0) is 23.0. The second-order valence-electron chi connectivity index (χ2n) is 6.30. The molecule has 2 aromatic rings. The van der Waals surface area contributed by atoms with Gasteiger partial charge in [-0.3, -0.25) is 14.4 Å². The summed E-state index contributed by atoms with van der Waals surface area (Å²) in [6, 6.07) is 4.88. The third kappa shape index (κ3) is 7.47. The monoisotopic (exact) mass is 467 g/mol. The molecule has 1 aromatic heterocycles. The minimum absolute atomic E-state index is 0.0240. The molecule has 0 bridgehead atoms. The third-order valence-corrected chi connectivity index (χ3v) is 4.49. The normalized spacial score (nSPS) is 11.7. The van der Waals surface area contributed by atoms with Gasteiger partial charge in [-0.2, -0.15) is 0 Å². The number of rotatable bonds is 9. The molecule has 0 fully saturated rings. The van der Waals surface area contributed by atoms with Crippen LogP contribution in [0.1, 0.15) is 28.6 Å². The van der Waals surface area contributed by atoms with Gasteiger partial charge in [0.05, 0.1) is 21.9 Å². The van der Waals surface area contributed by atoms with Crippen molar-refractivity contribution >= 4 is 53.0 Å².